The van der Waals surface area contributed by atoms with Gasteiger partial charge in [-0.15, -0.1) is 0 Å². The minimum Gasteiger partial charge on any atom is -0.459 e. The summed E-state index contributed by atoms with van der Waals surface area (Å²) in [4.78, 5) is 54.5. The smallest absolute Gasteiger partial charge is 0.334 e. The third kappa shape index (κ3) is 17.6. The lowest BCUT2D eigenvalue weighted by molar-refractivity contribution is -0.147. The maximum Gasteiger partial charge on any atom is 0.334 e. The molecular weight excluding hydrogens is 522 g/mol. The zero-order chi connectivity index (χ0) is 27.4. The van der Waals surface area contributed by atoms with Crippen LogP contribution in [-0.2, 0) is 23.4 Å². The Labute approximate surface area is 213 Å². The number of esters is 2. The molecular formula is C21H40O13P2. The second-order valence-electron chi connectivity index (χ2n) is 8.45. The van der Waals surface area contributed by atoms with E-state index < -0.39 is 61.0 Å². The molecule has 0 saturated heterocycles. The number of ether oxygens (including phenoxy) is 2. The molecule has 0 spiro atoms. The van der Waals surface area contributed by atoms with E-state index in [0.29, 0.717) is 0 Å². The summed E-state index contributed by atoms with van der Waals surface area (Å²) in [5, 5.41) is 34.0. The topological polar surface area (TPSA) is 224 Å². The number of rotatable bonds is 10. The first-order chi connectivity index (χ1) is 17.1. The van der Waals surface area contributed by atoms with Gasteiger partial charge in [-0.2, -0.15) is 0 Å². The van der Waals surface area contributed by atoms with Crippen molar-refractivity contribution in [3.05, 3.63) is 12.2 Å². The summed E-state index contributed by atoms with van der Waals surface area (Å²) >= 11 is 0. The van der Waals surface area contributed by atoms with Crippen LogP contribution in [0.1, 0.15) is 64.2 Å². The molecule has 212 valence electrons. The zero-order valence-corrected chi connectivity index (χ0v) is 22.0. The third-order valence-corrected chi connectivity index (χ3v) is 6.68. The summed E-state index contributed by atoms with van der Waals surface area (Å²) in [5.41, 5.74) is -1.11. The van der Waals surface area contributed by atoms with E-state index in [1.165, 1.54) is 25.0 Å². The Morgan fingerprint density at radius 1 is 0.639 bits per heavy atom. The first-order valence-corrected chi connectivity index (χ1v) is 14.0. The Balaban J connectivity index is 0.000000635. The quantitative estimate of drug-likeness (QED) is 0.104. The second-order valence-corrected chi connectivity index (χ2v) is 10.1. The van der Waals surface area contributed by atoms with Gasteiger partial charge < -0.3 is 49.5 Å². The molecule has 0 aliphatic heterocycles. The van der Waals surface area contributed by atoms with E-state index in [1.807, 2.05) is 0 Å². The second kappa shape index (κ2) is 21.2. The van der Waals surface area contributed by atoms with Gasteiger partial charge in [-0.05, 0) is 51.4 Å². The molecule has 0 atom stereocenters. The van der Waals surface area contributed by atoms with Crippen molar-refractivity contribution in [2.75, 3.05) is 26.4 Å². The lowest BCUT2D eigenvalue weighted by Gasteiger charge is -2.23. The van der Waals surface area contributed by atoms with Gasteiger partial charge in [0.1, 0.15) is 12.2 Å². The van der Waals surface area contributed by atoms with Crippen molar-refractivity contribution >= 4 is 29.1 Å². The minimum atomic E-state index is -2.61. The number of aliphatic hydroxyl groups is 4. The standard InChI is InChI=1S/C16H24O4.C5H12O4.H4O5P2/c17-15(19-13-7-3-1-4-8-13)11-12-16(18)20-14-9-5-2-6-10-14;6-1-5(2-7,3-8)4-9;1-6(2)5-7(3)4/h11-14H,1-10H2;6-9H,1-4H2;1-4H/b12-11-;;. The fraction of sp³-hybridized carbons (Fsp3) is 0.810. The highest BCUT2D eigenvalue weighted by molar-refractivity contribution is 7.53. The van der Waals surface area contributed by atoms with Gasteiger partial charge in [0, 0.05) is 12.2 Å². The van der Waals surface area contributed by atoms with Crippen LogP contribution in [0.15, 0.2) is 12.2 Å². The molecule has 0 aromatic heterocycles. The molecule has 8 N–H and O–H groups in total. The van der Waals surface area contributed by atoms with Crippen LogP contribution in [0.3, 0.4) is 0 Å². The van der Waals surface area contributed by atoms with Crippen molar-refractivity contribution in [1.29, 1.82) is 0 Å². The molecule has 2 saturated carbocycles. The lowest BCUT2D eigenvalue weighted by Crippen LogP contribution is -2.37. The zero-order valence-electron chi connectivity index (χ0n) is 20.2. The highest BCUT2D eigenvalue weighted by atomic mass is 31.2. The van der Waals surface area contributed by atoms with Gasteiger partial charge in [0.05, 0.1) is 31.8 Å². The predicted molar refractivity (Wildman–Crippen MR) is 130 cm³/mol. The molecule has 0 bridgehead atoms. The Bertz CT molecular complexity index is 545. The number of hydrogen-bond acceptors (Lipinski definition) is 13. The van der Waals surface area contributed by atoms with Crippen LogP contribution in [-0.4, -0.2) is 90.6 Å². The highest BCUT2D eigenvalue weighted by Gasteiger charge is 2.26. The van der Waals surface area contributed by atoms with E-state index in [2.05, 4.69) is 4.31 Å². The molecule has 13 nitrogen and oxygen atoms in total. The van der Waals surface area contributed by atoms with Gasteiger partial charge >= 0.3 is 29.1 Å². The fourth-order valence-corrected chi connectivity index (χ4v) is 3.80. The van der Waals surface area contributed by atoms with E-state index in [1.54, 1.807) is 0 Å². The van der Waals surface area contributed by atoms with Crippen molar-refractivity contribution in [2.24, 2.45) is 5.41 Å². The van der Waals surface area contributed by atoms with Gasteiger partial charge in [-0.3, -0.25) is 0 Å². The molecule has 2 aliphatic rings. The lowest BCUT2D eigenvalue weighted by atomic mass is 9.93. The Morgan fingerprint density at radius 3 is 1.14 bits per heavy atom. The molecule has 0 heterocycles. The van der Waals surface area contributed by atoms with Crippen molar-refractivity contribution < 1.29 is 63.4 Å². The molecule has 0 aromatic rings. The van der Waals surface area contributed by atoms with E-state index in [-0.39, 0.29) is 12.2 Å². The van der Waals surface area contributed by atoms with E-state index in [4.69, 9.17) is 49.5 Å². The van der Waals surface area contributed by atoms with Gasteiger partial charge in [0.25, 0.3) is 0 Å². The van der Waals surface area contributed by atoms with Crippen LogP contribution in [0.5, 0.6) is 0 Å². The van der Waals surface area contributed by atoms with E-state index in [9.17, 15) is 9.59 Å². The first-order valence-electron chi connectivity index (χ1n) is 11.7. The van der Waals surface area contributed by atoms with Crippen LogP contribution in [0.2, 0.25) is 0 Å². The average Bonchev–Trinajstić information content (AvgIpc) is 2.86. The highest BCUT2D eigenvalue weighted by Crippen LogP contribution is 2.41. The van der Waals surface area contributed by atoms with Crippen molar-refractivity contribution in [2.45, 2.75) is 76.4 Å². The number of carbonyl (C=O) groups excluding carboxylic acids is 2. The third-order valence-electron chi connectivity index (χ3n) is 5.51. The summed E-state index contributed by atoms with van der Waals surface area (Å²) in [6.07, 6.45) is 13.1. The van der Waals surface area contributed by atoms with Crippen LogP contribution >= 0.6 is 17.2 Å². The molecule has 0 unspecified atom stereocenters. The van der Waals surface area contributed by atoms with Crippen LogP contribution in [0, 0.1) is 5.41 Å². The van der Waals surface area contributed by atoms with Crippen LogP contribution < -0.4 is 0 Å². The minimum absolute atomic E-state index is 0.0234. The number of aliphatic hydroxyl groups excluding tert-OH is 4. The average molecular weight is 562 g/mol. The monoisotopic (exact) mass is 562 g/mol. The Hall–Kier alpha value is -0.820. The van der Waals surface area contributed by atoms with Crippen molar-refractivity contribution in [3.63, 3.8) is 0 Å². The predicted octanol–water partition coefficient (Wildman–Crippen LogP) is 0.662. The van der Waals surface area contributed by atoms with Gasteiger partial charge in [0.2, 0.25) is 0 Å². The first kappa shape index (κ1) is 35.2. The van der Waals surface area contributed by atoms with Gasteiger partial charge in [-0.25, -0.2) is 13.9 Å². The largest absolute Gasteiger partial charge is 0.459 e. The molecule has 2 aliphatic carbocycles. The maximum atomic E-state index is 11.6. The number of hydrogen-bond donors (Lipinski definition) is 8. The number of carbonyl (C=O) groups is 2. The van der Waals surface area contributed by atoms with E-state index >= 15 is 0 Å². The van der Waals surface area contributed by atoms with Crippen LogP contribution in [0.4, 0.5) is 0 Å². The summed E-state index contributed by atoms with van der Waals surface area (Å²) in [7, 11) is -5.22. The van der Waals surface area contributed by atoms with Crippen LogP contribution in [0.25, 0.3) is 0 Å². The molecule has 36 heavy (non-hydrogen) atoms. The van der Waals surface area contributed by atoms with Crippen molar-refractivity contribution in [1.82, 2.24) is 0 Å². The molecule has 0 amide bonds. The summed E-state index contributed by atoms with van der Waals surface area (Å²) in [6.45, 7) is -1.62. The van der Waals surface area contributed by atoms with E-state index in [0.717, 1.165) is 51.4 Å². The normalized spacial score (nSPS) is 17.3. The molecule has 2 fully saturated rings. The molecule has 0 aromatic carbocycles. The van der Waals surface area contributed by atoms with Crippen molar-refractivity contribution in [3.8, 4) is 0 Å². The molecule has 15 heteroatoms. The fourth-order valence-electron chi connectivity index (χ4n) is 3.27. The summed E-state index contributed by atoms with van der Waals surface area (Å²) in [5.74, 6) is -0.866. The Kier molecular flexibility index (Phi) is 20.7. The van der Waals surface area contributed by atoms with Gasteiger partial charge in [0.15, 0.2) is 0 Å². The molecule has 2 rings (SSSR count). The maximum absolute atomic E-state index is 11.6. The SMILES string of the molecule is O=C(/C=C\C(=O)OC1CCCCC1)OC1CCCCC1.OCC(CO)(CO)CO.OP(O)OP(O)O. The Morgan fingerprint density at radius 2 is 0.944 bits per heavy atom. The molecule has 0 radical (unpaired) electrons. The summed E-state index contributed by atoms with van der Waals surface area (Å²) < 4.78 is 14.2. The summed E-state index contributed by atoms with van der Waals surface area (Å²) in [6, 6.07) is 0. The van der Waals surface area contributed by atoms with Gasteiger partial charge in [-0.1, -0.05) is 12.8 Å².